The molecule has 1 aromatic carbocycles. The molecule has 0 aromatic heterocycles. The summed E-state index contributed by atoms with van der Waals surface area (Å²) >= 11 is 0. The largest absolute Gasteiger partial charge is 0.492 e. The number of benzene rings is 1. The average molecular weight is 319 g/mol. The number of hydrogen-bond acceptors (Lipinski definition) is 5. The first-order chi connectivity index (χ1) is 10.8. The Morgan fingerprint density at radius 1 is 1.39 bits per heavy atom. The van der Waals surface area contributed by atoms with Gasteiger partial charge in [-0.1, -0.05) is 20.8 Å². The fourth-order valence-corrected chi connectivity index (χ4v) is 3.26. The molecule has 2 heterocycles. The molecule has 0 saturated heterocycles. The maximum Gasteiger partial charge on any atom is 0.231 e. The molecule has 0 aliphatic carbocycles. The van der Waals surface area contributed by atoms with Crippen LogP contribution in [0.4, 0.5) is 0 Å². The molecule has 5 heteroatoms. The third-order valence-electron chi connectivity index (χ3n) is 4.76. The van der Waals surface area contributed by atoms with E-state index in [9.17, 15) is 4.79 Å². The second-order valence-corrected chi connectivity index (χ2v) is 7.34. The first-order valence-electron chi connectivity index (χ1n) is 8.06. The molecule has 2 aliphatic heterocycles. The van der Waals surface area contributed by atoms with Crippen LogP contribution in [0.3, 0.4) is 0 Å². The maximum absolute atomic E-state index is 12.6. The van der Waals surface area contributed by atoms with Crippen LogP contribution in [0.2, 0.25) is 0 Å². The Balaban J connectivity index is 2.05. The summed E-state index contributed by atoms with van der Waals surface area (Å²) in [6.07, 6.45) is 1.39. The summed E-state index contributed by atoms with van der Waals surface area (Å²) in [6, 6.07) is 2.05. The zero-order chi connectivity index (χ0) is 16.8. The Morgan fingerprint density at radius 2 is 2.13 bits per heavy atom. The number of rotatable bonds is 3. The van der Waals surface area contributed by atoms with Crippen LogP contribution in [0.15, 0.2) is 6.07 Å². The van der Waals surface area contributed by atoms with Crippen LogP contribution in [-0.4, -0.2) is 38.2 Å². The lowest BCUT2D eigenvalue weighted by atomic mass is 9.82. The molecule has 0 spiro atoms. The fraction of sp³-hybridized carbons (Fsp3) is 0.611. The molecule has 1 aromatic rings. The summed E-state index contributed by atoms with van der Waals surface area (Å²) in [5, 5.41) is 0. The number of Topliss-reactive ketones (excluding diaryl/α,β-unsaturated/α-hetero) is 1. The van der Waals surface area contributed by atoms with Crippen molar-refractivity contribution in [3.05, 3.63) is 17.2 Å². The molecule has 0 unspecified atom stereocenters. The van der Waals surface area contributed by atoms with Gasteiger partial charge < -0.3 is 14.2 Å². The fourth-order valence-electron chi connectivity index (χ4n) is 3.26. The lowest BCUT2D eigenvalue weighted by molar-refractivity contribution is -0.127. The number of fused-ring (bicyclic) bond motifs is 2. The van der Waals surface area contributed by atoms with Crippen LogP contribution in [0, 0.1) is 5.41 Å². The summed E-state index contributed by atoms with van der Waals surface area (Å²) in [4.78, 5) is 14.8. The molecule has 0 amide bonds. The van der Waals surface area contributed by atoms with E-state index in [2.05, 4.69) is 11.9 Å². The molecule has 126 valence electrons. The quantitative estimate of drug-likeness (QED) is 0.857. The SMILES string of the molecule is COc1c2c(cc3c1[C@@H](CC(=O)C(C)(C)C)N(C)CC3)OCO2. The third-order valence-corrected chi connectivity index (χ3v) is 4.76. The van der Waals surface area contributed by atoms with Crippen molar-refractivity contribution in [3.63, 3.8) is 0 Å². The normalized spacial score (nSPS) is 20.3. The Labute approximate surface area is 137 Å². The number of likely N-dealkylation sites (N-methyl/N-ethyl adjacent to an activating group) is 1. The molecule has 0 N–H and O–H groups in total. The van der Waals surface area contributed by atoms with E-state index in [0.717, 1.165) is 24.3 Å². The number of nitrogens with zero attached hydrogens (tertiary/aromatic N) is 1. The van der Waals surface area contributed by atoms with E-state index in [1.165, 1.54) is 5.56 Å². The molecular weight excluding hydrogens is 294 g/mol. The highest BCUT2D eigenvalue weighted by Gasteiger charge is 2.36. The second-order valence-electron chi connectivity index (χ2n) is 7.34. The first kappa shape index (κ1) is 16.1. The van der Waals surface area contributed by atoms with Gasteiger partial charge in [0.1, 0.15) is 5.78 Å². The number of hydrogen-bond donors (Lipinski definition) is 0. The minimum atomic E-state index is -0.345. The van der Waals surface area contributed by atoms with Crippen LogP contribution in [0.5, 0.6) is 17.2 Å². The van der Waals surface area contributed by atoms with Crippen molar-refractivity contribution in [1.82, 2.24) is 4.90 Å². The van der Waals surface area contributed by atoms with Gasteiger partial charge in [0, 0.05) is 30.0 Å². The number of ether oxygens (including phenoxy) is 3. The topological polar surface area (TPSA) is 48.0 Å². The van der Waals surface area contributed by atoms with Crippen molar-refractivity contribution < 1.29 is 19.0 Å². The van der Waals surface area contributed by atoms with E-state index in [1.54, 1.807) is 7.11 Å². The van der Waals surface area contributed by atoms with Crippen LogP contribution < -0.4 is 14.2 Å². The van der Waals surface area contributed by atoms with E-state index < -0.39 is 0 Å². The molecule has 3 rings (SSSR count). The minimum Gasteiger partial charge on any atom is -0.492 e. The minimum absolute atomic E-state index is 0.00919. The van der Waals surface area contributed by atoms with E-state index in [1.807, 2.05) is 26.8 Å². The Morgan fingerprint density at radius 3 is 2.78 bits per heavy atom. The highest BCUT2D eigenvalue weighted by Crippen LogP contribution is 2.50. The maximum atomic E-state index is 12.6. The number of carbonyl (C=O) groups excluding carboxylic acids is 1. The van der Waals surface area contributed by atoms with Crippen molar-refractivity contribution in [2.75, 3.05) is 27.5 Å². The van der Waals surface area contributed by atoms with Gasteiger partial charge in [0.05, 0.1) is 7.11 Å². The molecule has 5 nitrogen and oxygen atoms in total. The highest BCUT2D eigenvalue weighted by molar-refractivity contribution is 5.84. The molecule has 0 bridgehead atoms. The van der Waals surface area contributed by atoms with E-state index >= 15 is 0 Å². The summed E-state index contributed by atoms with van der Waals surface area (Å²) in [7, 11) is 3.71. The molecule has 0 saturated carbocycles. The van der Waals surface area contributed by atoms with Crippen molar-refractivity contribution >= 4 is 5.78 Å². The van der Waals surface area contributed by atoms with Gasteiger partial charge in [0.25, 0.3) is 0 Å². The summed E-state index contributed by atoms with van der Waals surface area (Å²) in [5.41, 5.74) is 1.92. The second kappa shape index (κ2) is 5.71. The predicted molar refractivity (Wildman–Crippen MR) is 87.3 cm³/mol. The molecule has 1 atom stereocenters. The third kappa shape index (κ3) is 2.78. The number of ketones is 1. The number of methoxy groups -OCH3 is 1. The lowest BCUT2D eigenvalue weighted by Crippen LogP contribution is -2.36. The Bertz CT molecular complexity index is 633. The van der Waals surface area contributed by atoms with Crippen LogP contribution in [-0.2, 0) is 11.2 Å². The van der Waals surface area contributed by atoms with Crippen molar-refractivity contribution in [2.24, 2.45) is 5.41 Å². The van der Waals surface area contributed by atoms with Gasteiger partial charge in [-0.15, -0.1) is 0 Å². The van der Waals surface area contributed by atoms with Crippen molar-refractivity contribution in [3.8, 4) is 17.2 Å². The standard InChI is InChI=1S/C18H25NO4/c1-18(2,3)14(20)9-12-15-11(6-7-19(12)4)8-13-16(17(15)21-5)23-10-22-13/h8,12H,6-7,9-10H2,1-5H3/t12-/m1/s1. The van der Waals surface area contributed by atoms with Crippen LogP contribution >= 0.6 is 0 Å². The van der Waals surface area contributed by atoms with E-state index in [-0.39, 0.29) is 24.0 Å². The van der Waals surface area contributed by atoms with Gasteiger partial charge in [0.15, 0.2) is 11.5 Å². The molecule has 0 fully saturated rings. The highest BCUT2D eigenvalue weighted by atomic mass is 16.7. The first-order valence-corrected chi connectivity index (χ1v) is 8.06. The Kier molecular flexibility index (Phi) is 4.00. The predicted octanol–water partition coefficient (Wildman–Crippen LogP) is 2.96. The molecular formula is C18H25NO4. The summed E-state index contributed by atoms with van der Waals surface area (Å²) in [6.45, 7) is 7.04. The molecule has 0 radical (unpaired) electrons. The monoisotopic (exact) mass is 319 g/mol. The van der Waals surface area contributed by atoms with Gasteiger partial charge in [-0.05, 0) is 25.1 Å². The zero-order valence-electron chi connectivity index (χ0n) is 14.6. The van der Waals surface area contributed by atoms with Gasteiger partial charge in [-0.25, -0.2) is 0 Å². The van der Waals surface area contributed by atoms with Gasteiger partial charge >= 0.3 is 0 Å². The van der Waals surface area contributed by atoms with Crippen LogP contribution in [0.1, 0.15) is 44.4 Å². The van der Waals surface area contributed by atoms with Gasteiger partial charge in [-0.2, -0.15) is 0 Å². The summed E-state index contributed by atoms with van der Waals surface area (Å²) in [5.74, 6) is 2.37. The Hall–Kier alpha value is -1.75. The van der Waals surface area contributed by atoms with Crippen molar-refractivity contribution in [2.45, 2.75) is 39.7 Å². The molecule has 23 heavy (non-hydrogen) atoms. The average Bonchev–Trinajstić information content (AvgIpc) is 2.94. The number of carbonyl (C=O) groups is 1. The lowest BCUT2D eigenvalue weighted by Gasteiger charge is -2.36. The van der Waals surface area contributed by atoms with Crippen LogP contribution in [0.25, 0.3) is 0 Å². The van der Waals surface area contributed by atoms with Crippen molar-refractivity contribution in [1.29, 1.82) is 0 Å². The van der Waals surface area contributed by atoms with E-state index in [4.69, 9.17) is 14.2 Å². The van der Waals surface area contributed by atoms with E-state index in [0.29, 0.717) is 17.9 Å². The summed E-state index contributed by atoms with van der Waals surface area (Å²) < 4.78 is 16.8. The van der Waals surface area contributed by atoms with Gasteiger partial charge in [0.2, 0.25) is 12.5 Å². The molecule has 2 aliphatic rings. The van der Waals surface area contributed by atoms with Gasteiger partial charge in [-0.3, -0.25) is 9.69 Å². The smallest absolute Gasteiger partial charge is 0.231 e. The zero-order valence-corrected chi connectivity index (χ0v) is 14.6.